The number of hydrogen-bond donors (Lipinski definition) is 1. The van der Waals surface area contributed by atoms with Crippen molar-refractivity contribution in [1.29, 1.82) is 0 Å². The lowest BCUT2D eigenvalue weighted by molar-refractivity contribution is 0.259. The van der Waals surface area contributed by atoms with Crippen molar-refractivity contribution in [3.63, 3.8) is 0 Å². The van der Waals surface area contributed by atoms with Gasteiger partial charge < -0.3 is 14.8 Å². The van der Waals surface area contributed by atoms with Gasteiger partial charge in [0.25, 0.3) is 0 Å². The third-order valence-corrected chi connectivity index (χ3v) is 4.86. The van der Waals surface area contributed by atoms with Crippen LogP contribution in [0.3, 0.4) is 0 Å². The molecule has 2 N–H and O–H groups in total. The molecule has 0 unspecified atom stereocenters. The van der Waals surface area contributed by atoms with Gasteiger partial charge in [-0.05, 0) is 32.0 Å². The van der Waals surface area contributed by atoms with Crippen LogP contribution in [0.4, 0.5) is 0 Å². The minimum atomic E-state index is 0.308. The lowest BCUT2D eigenvalue weighted by Crippen LogP contribution is -2.36. The molecule has 26 heavy (non-hydrogen) atoms. The topological polar surface area (TPSA) is 98.9 Å². The summed E-state index contributed by atoms with van der Waals surface area (Å²) in [6, 6.07) is 7.96. The van der Waals surface area contributed by atoms with E-state index in [-0.39, 0.29) is 0 Å². The van der Waals surface area contributed by atoms with Gasteiger partial charge in [-0.25, -0.2) is 0 Å². The average Bonchev–Trinajstić information content (AvgIpc) is 3.21. The molecule has 3 heterocycles. The van der Waals surface area contributed by atoms with Crippen molar-refractivity contribution in [3.05, 3.63) is 47.9 Å². The minimum absolute atomic E-state index is 0.308. The van der Waals surface area contributed by atoms with Gasteiger partial charge in [-0.15, -0.1) is 10.2 Å². The smallest absolute Gasteiger partial charge is 0.151 e. The average molecular weight is 353 g/mol. The Bertz CT molecular complexity index is 867. The molecule has 0 amide bonds. The van der Waals surface area contributed by atoms with Crippen LogP contribution in [0.25, 0.3) is 11.4 Å². The first kappa shape index (κ1) is 16.9. The van der Waals surface area contributed by atoms with E-state index in [9.17, 15) is 0 Å². The first-order valence-electron chi connectivity index (χ1n) is 8.79. The van der Waals surface area contributed by atoms with E-state index in [1.54, 1.807) is 6.20 Å². The van der Waals surface area contributed by atoms with Crippen LogP contribution in [0.2, 0.25) is 0 Å². The molecule has 0 atom stereocenters. The Balaban J connectivity index is 1.39. The van der Waals surface area contributed by atoms with Gasteiger partial charge in [-0.2, -0.15) is 0 Å². The van der Waals surface area contributed by atoms with Gasteiger partial charge in [-0.3, -0.25) is 9.88 Å². The van der Waals surface area contributed by atoms with Crippen LogP contribution in [0.15, 0.2) is 35.0 Å². The Kier molecular flexibility index (Phi) is 4.52. The van der Waals surface area contributed by atoms with Crippen LogP contribution < -0.4 is 5.73 Å². The van der Waals surface area contributed by atoms with Crippen molar-refractivity contribution in [2.24, 2.45) is 12.8 Å². The molecule has 0 radical (unpaired) electrons. The first-order chi connectivity index (χ1) is 12.6. The number of pyridine rings is 1. The molecule has 0 spiro atoms. The summed E-state index contributed by atoms with van der Waals surface area (Å²) in [6.45, 7) is 1.32. The molecule has 8 nitrogen and oxygen atoms in total. The SMILES string of the molecule is CN(Cc1cc(-c2ccccn2)no1)Cc1nnc(C2CC(N)C2)n1C. The molecule has 3 aromatic rings. The Hall–Kier alpha value is -2.58. The van der Waals surface area contributed by atoms with Crippen molar-refractivity contribution in [1.82, 2.24) is 29.8 Å². The zero-order chi connectivity index (χ0) is 18.1. The van der Waals surface area contributed by atoms with Gasteiger partial charge in [0.15, 0.2) is 5.76 Å². The van der Waals surface area contributed by atoms with Crippen molar-refractivity contribution in [2.75, 3.05) is 7.05 Å². The highest BCUT2D eigenvalue weighted by atomic mass is 16.5. The molecule has 136 valence electrons. The zero-order valence-corrected chi connectivity index (χ0v) is 15.0. The molecule has 3 aromatic heterocycles. The minimum Gasteiger partial charge on any atom is -0.359 e. The molecule has 1 aliphatic carbocycles. The maximum Gasteiger partial charge on any atom is 0.151 e. The number of nitrogens with zero attached hydrogens (tertiary/aromatic N) is 6. The predicted octanol–water partition coefficient (Wildman–Crippen LogP) is 1.70. The Morgan fingerprint density at radius 3 is 2.81 bits per heavy atom. The first-order valence-corrected chi connectivity index (χ1v) is 8.79. The Morgan fingerprint density at radius 2 is 2.08 bits per heavy atom. The van der Waals surface area contributed by atoms with E-state index in [2.05, 4.69) is 29.8 Å². The van der Waals surface area contributed by atoms with Crippen LogP contribution in [-0.4, -0.2) is 42.9 Å². The summed E-state index contributed by atoms with van der Waals surface area (Å²) >= 11 is 0. The normalized spacial score (nSPS) is 19.7. The molecule has 1 aliphatic rings. The highest BCUT2D eigenvalue weighted by Gasteiger charge is 2.31. The van der Waals surface area contributed by atoms with Crippen molar-refractivity contribution in [2.45, 2.75) is 37.9 Å². The van der Waals surface area contributed by atoms with E-state index < -0.39 is 0 Å². The summed E-state index contributed by atoms with van der Waals surface area (Å²) in [5.41, 5.74) is 7.44. The van der Waals surface area contributed by atoms with Gasteiger partial charge in [0.05, 0.1) is 18.8 Å². The standard InChI is InChI=1S/C18H23N7O/c1-24(10-14-9-16(23-26-14)15-5-3-4-6-20-15)11-17-21-22-18(25(17)2)12-7-13(19)8-12/h3-6,9,12-13H,7-8,10-11,19H2,1-2H3. The van der Waals surface area contributed by atoms with E-state index >= 15 is 0 Å². The van der Waals surface area contributed by atoms with E-state index in [1.165, 1.54) is 0 Å². The van der Waals surface area contributed by atoms with E-state index in [0.717, 1.165) is 41.6 Å². The summed E-state index contributed by atoms with van der Waals surface area (Å²) < 4.78 is 7.54. The maximum absolute atomic E-state index is 5.89. The third kappa shape index (κ3) is 3.38. The lowest BCUT2D eigenvalue weighted by Gasteiger charge is -2.31. The molecule has 0 aromatic carbocycles. The summed E-state index contributed by atoms with van der Waals surface area (Å²) in [5, 5.41) is 12.8. The molecule has 8 heteroatoms. The number of rotatable bonds is 6. The van der Waals surface area contributed by atoms with Crippen LogP contribution in [0.1, 0.15) is 36.2 Å². The fourth-order valence-corrected chi connectivity index (χ4v) is 3.33. The number of hydrogen-bond acceptors (Lipinski definition) is 7. The second-order valence-corrected chi connectivity index (χ2v) is 7.03. The van der Waals surface area contributed by atoms with Crippen LogP contribution in [-0.2, 0) is 20.1 Å². The van der Waals surface area contributed by atoms with E-state index in [1.807, 2.05) is 38.4 Å². The van der Waals surface area contributed by atoms with Crippen molar-refractivity contribution < 1.29 is 4.52 Å². The van der Waals surface area contributed by atoms with Crippen molar-refractivity contribution >= 4 is 0 Å². The highest BCUT2D eigenvalue weighted by Crippen LogP contribution is 2.34. The maximum atomic E-state index is 5.89. The lowest BCUT2D eigenvalue weighted by atomic mass is 9.80. The summed E-state index contributed by atoms with van der Waals surface area (Å²) in [5.74, 6) is 3.21. The van der Waals surface area contributed by atoms with E-state index in [0.29, 0.717) is 25.0 Å². The Morgan fingerprint density at radius 1 is 1.23 bits per heavy atom. The summed E-state index contributed by atoms with van der Waals surface area (Å²) in [7, 11) is 4.05. The second-order valence-electron chi connectivity index (χ2n) is 7.03. The van der Waals surface area contributed by atoms with Crippen LogP contribution in [0, 0.1) is 0 Å². The molecule has 1 saturated carbocycles. The van der Waals surface area contributed by atoms with Crippen LogP contribution in [0.5, 0.6) is 0 Å². The molecule has 4 rings (SSSR count). The zero-order valence-electron chi connectivity index (χ0n) is 15.0. The number of aromatic nitrogens is 5. The molecule has 0 aliphatic heterocycles. The van der Waals surface area contributed by atoms with E-state index in [4.69, 9.17) is 10.3 Å². The van der Waals surface area contributed by atoms with Gasteiger partial charge in [0, 0.05) is 31.3 Å². The van der Waals surface area contributed by atoms with Gasteiger partial charge in [-0.1, -0.05) is 11.2 Å². The number of nitrogens with two attached hydrogens (primary N) is 1. The van der Waals surface area contributed by atoms with Gasteiger partial charge in [0.1, 0.15) is 17.3 Å². The molecule has 0 saturated heterocycles. The summed E-state index contributed by atoms with van der Waals surface area (Å²) in [6.07, 6.45) is 3.74. The van der Waals surface area contributed by atoms with Crippen LogP contribution >= 0.6 is 0 Å². The monoisotopic (exact) mass is 353 g/mol. The molecular weight excluding hydrogens is 330 g/mol. The fourth-order valence-electron chi connectivity index (χ4n) is 3.33. The highest BCUT2D eigenvalue weighted by molar-refractivity contribution is 5.52. The quantitative estimate of drug-likeness (QED) is 0.720. The molecule has 0 bridgehead atoms. The largest absolute Gasteiger partial charge is 0.359 e. The third-order valence-electron chi connectivity index (χ3n) is 4.86. The Labute approximate surface area is 152 Å². The predicted molar refractivity (Wildman–Crippen MR) is 95.9 cm³/mol. The van der Waals surface area contributed by atoms with Gasteiger partial charge >= 0.3 is 0 Å². The molecular formula is C18H23N7O. The second kappa shape index (κ2) is 6.97. The fraction of sp³-hybridized carbons (Fsp3) is 0.444. The summed E-state index contributed by atoms with van der Waals surface area (Å²) in [4.78, 5) is 6.42. The molecule has 1 fully saturated rings. The van der Waals surface area contributed by atoms with Crippen molar-refractivity contribution in [3.8, 4) is 11.4 Å². The van der Waals surface area contributed by atoms with Gasteiger partial charge in [0.2, 0.25) is 0 Å².